The van der Waals surface area contributed by atoms with Gasteiger partial charge in [-0.1, -0.05) is 36.4 Å². The maximum atomic E-state index is 11.7. The first-order valence-corrected chi connectivity index (χ1v) is 9.67. The van der Waals surface area contributed by atoms with Crippen LogP contribution in [0.2, 0.25) is 0 Å². The number of nitro groups is 2. The second-order valence-corrected chi connectivity index (χ2v) is 7.24. The van der Waals surface area contributed by atoms with Crippen molar-refractivity contribution in [2.45, 2.75) is 0 Å². The van der Waals surface area contributed by atoms with Crippen LogP contribution in [0.3, 0.4) is 0 Å². The Labute approximate surface area is 195 Å². The van der Waals surface area contributed by atoms with Crippen molar-refractivity contribution in [1.82, 2.24) is 15.0 Å². The van der Waals surface area contributed by atoms with Crippen molar-refractivity contribution in [3.8, 4) is 22.8 Å². The summed E-state index contributed by atoms with van der Waals surface area (Å²) in [5.41, 5.74) is -0.0311. The molecule has 4 aromatic rings. The van der Waals surface area contributed by atoms with E-state index in [1.54, 1.807) is 12.1 Å². The van der Waals surface area contributed by atoms with Crippen LogP contribution in [0.5, 0.6) is 0 Å². The number of hydrogen-bond acceptors (Lipinski definition) is 6. The van der Waals surface area contributed by atoms with Crippen LogP contribution < -0.4 is 17.2 Å². The van der Waals surface area contributed by atoms with Gasteiger partial charge in [-0.3, -0.25) is 20.2 Å². The number of tetrazole rings is 1. The molecule has 1 heterocycles. The molecule has 0 spiro atoms. The van der Waals surface area contributed by atoms with E-state index < -0.39 is 21.2 Å². The molecule has 0 N–H and O–H groups in total. The summed E-state index contributed by atoms with van der Waals surface area (Å²) in [5.74, 6) is 0.316. The molecule has 0 aliphatic heterocycles. The SMILES string of the molecule is O=[N+]([O-])c1cccc(-n2nc(-c3ccccc3)n[n+]2-c2ccccc2I)c1[N+](=O)[O-].[Cl-]. The number of aromatic nitrogens is 4. The fourth-order valence-corrected chi connectivity index (χ4v) is 3.53. The van der Waals surface area contributed by atoms with Crippen LogP contribution in [0.15, 0.2) is 72.8 Å². The maximum absolute atomic E-state index is 11.7. The summed E-state index contributed by atoms with van der Waals surface area (Å²) in [5, 5.41) is 32.1. The van der Waals surface area contributed by atoms with E-state index in [9.17, 15) is 20.2 Å². The first-order chi connectivity index (χ1) is 14.5. The second kappa shape index (κ2) is 9.14. The highest BCUT2D eigenvalue weighted by Gasteiger charge is 2.35. The summed E-state index contributed by atoms with van der Waals surface area (Å²) in [6, 6.07) is 20.3. The quantitative estimate of drug-likeness (QED) is 0.156. The molecule has 0 radical (unpaired) electrons. The van der Waals surface area contributed by atoms with Crippen molar-refractivity contribution in [2.75, 3.05) is 0 Å². The Balaban J connectivity index is 0.00000272. The lowest BCUT2D eigenvalue weighted by atomic mass is 10.2. The molecule has 0 saturated heterocycles. The smallest absolute Gasteiger partial charge is 0.377 e. The number of nitrogens with zero attached hydrogens (tertiary/aromatic N) is 6. The first-order valence-electron chi connectivity index (χ1n) is 8.59. The minimum atomic E-state index is -0.784. The highest BCUT2D eigenvalue weighted by molar-refractivity contribution is 14.1. The Hall–Kier alpha value is -3.45. The van der Waals surface area contributed by atoms with E-state index >= 15 is 0 Å². The molecule has 3 aromatic carbocycles. The molecule has 0 saturated carbocycles. The zero-order chi connectivity index (χ0) is 21.3. The zero-order valence-corrected chi connectivity index (χ0v) is 18.4. The van der Waals surface area contributed by atoms with E-state index in [4.69, 9.17) is 0 Å². The number of hydrogen-bond donors (Lipinski definition) is 0. The fraction of sp³-hybridized carbons (Fsp3) is 0. The third-order valence-corrected chi connectivity index (χ3v) is 5.16. The van der Waals surface area contributed by atoms with Gasteiger partial charge < -0.3 is 12.4 Å². The van der Waals surface area contributed by atoms with Gasteiger partial charge in [-0.05, 0) is 62.8 Å². The molecule has 0 atom stereocenters. The average Bonchev–Trinajstić information content (AvgIpc) is 3.19. The van der Waals surface area contributed by atoms with Gasteiger partial charge >= 0.3 is 17.2 Å². The van der Waals surface area contributed by atoms with Gasteiger partial charge in [0, 0.05) is 10.9 Å². The van der Waals surface area contributed by atoms with Crippen LogP contribution in [0, 0.1) is 23.8 Å². The summed E-state index contributed by atoms with van der Waals surface area (Å²) in [4.78, 5) is 24.2. The van der Waals surface area contributed by atoms with Crippen molar-refractivity contribution in [1.29, 1.82) is 0 Å². The van der Waals surface area contributed by atoms with Crippen LogP contribution in [0.1, 0.15) is 0 Å². The van der Waals surface area contributed by atoms with Crippen molar-refractivity contribution < 1.29 is 27.1 Å². The number of para-hydroxylation sites is 2. The molecule has 0 fully saturated rings. The third-order valence-electron chi connectivity index (χ3n) is 4.25. The summed E-state index contributed by atoms with van der Waals surface area (Å²) in [6.07, 6.45) is 0. The van der Waals surface area contributed by atoms with E-state index in [0.29, 0.717) is 17.1 Å². The largest absolute Gasteiger partial charge is 1.00 e. The normalized spacial score (nSPS) is 10.4. The molecule has 0 amide bonds. The van der Waals surface area contributed by atoms with Crippen molar-refractivity contribution >= 4 is 34.0 Å². The number of halogens is 2. The zero-order valence-electron chi connectivity index (χ0n) is 15.5. The molecule has 0 unspecified atom stereocenters. The summed E-state index contributed by atoms with van der Waals surface area (Å²) < 4.78 is 0.821. The minimum absolute atomic E-state index is 0. The van der Waals surface area contributed by atoms with Crippen LogP contribution in [0.4, 0.5) is 11.4 Å². The summed E-state index contributed by atoms with van der Waals surface area (Å²) >= 11 is 2.12. The summed E-state index contributed by atoms with van der Waals surface area (Å²) in [6.45, 7) is 0. The first kappa shape index (κ1) is 22.2. The fourth-order valence-electron chi connectivity index (χ4n) is 2.93. The predicted molar refractivity (Wildman–Crippen MR) is 114 cm³/mol. The minimum Gasteiger partial charge on any atom is -1.00 e. The van der Waals surface area contributed by atoms with Gasteiger partial charge in [0.1, 0.15) is 0 Å². The average molecular weight is 551 g/mol. The second-order valence-electron chi connectivity index (χ2n) is 6.08. The van der Waals surface area contributed by atoms with Gasteiger partial charge in [-0.15, -0.1) is 0 Å². The van der Waals surface area contributed by atoms with Gasteiger partial charge in [-0.2, -0.15) is 0 Å². The summed E-state index contributed by atoms with van der Waals surface area (Å²) in [7, 11) is 0. The Morgan fingerprint density at radius 3 is 2.19 bits per heavy atom. The third kappa shape index (κ3) is 4.22. The lowest BCUT2D eigenvalue weighted by Gasteiger charge is -2.03. The molecule has 156 valence electrons. The Kier molecular flexibility index (Phi) is 6.56. The highest BCUT2D eigenvalue weighted by atomic mass is 127. The van der Waals surface area contributed by atoms with Gasteiger partial charge in [0.25, 0.3) is 0 Å². The monoisotopic (exact) mass is 550 g/mol. The van der Waals surface area contributed by atoms with Gasteiger partial charge in [0.15, 0.2) is 5.69 Å². The lowest BCUT2D eigenvalue weighted by molar-refractivity contribution is -0.735. The van der Waals surface area contributed by atoms with Gasteiger partial charge in [-0.25, -0.2) is 0 Å². The Morgan fingerprint density at radius 2 is 1.55 bits per heavy atom. The van der Waals surface area contributed by atoms with E-state index in [-0.39, 0.29) is 18.1 Å². The predicted octanol–water partition coefficient (Wildman–Crippen LogP) is 0.636. The van der Waals surface area contributed by atoms with E-state index in [1.807, 2.05) is 42.5 Å². The molecule has 10 nitrogen and oxygen atoms in total. The van der Waals surface area contributed by atoms with Crippen LogP contribution >= 0.6 is 22.6 Å². The van der Waals surface area contributed by atoms with Crippen LogP contribution in [-0.4, -0.2) is 24.8 Å². The van der Waals surface area contributed by atoms with Gasteiger partial charge in [0.2, 0.25) is 5.69 Å². The number of nitro benzene ring substituents is 2. The number of benzene rings is 3. The molecule has 12 heteroatoms. The van der Waals surface area contributed by atoms with E-state index in [2.05, 4.69) is 32.8 Å². The Bertz CT molecular complexity index is 1280. The topological polar surface area (TPSA) is 121 Å². The molecular weight excluding hydrogens is 539 g/mol. The molecule has 4 rings (SSSR count). The van der Waals surface area contributed by atoms with E-state index in [1.165, 1.54) is 21.7 Å². The molecule has 31 heavy (non-hydrogen) atoms. The van der Waals surface area contributed by atoms with E-state index in [0.717, 1.165) is 9.64 Å². The Morgan fingerprint density at radius 1 is 0.871 bits per heavy atom. The molecule has 0 bridgehead atoms. The van der Waals surface area contributed by atoms with Crippen LogP contribution in [-0.2, 0) is 0 Å². The van der Waals surface area contributed by atoms with Crippen molar-refractivity contribution in [2.24, 2.45) is 0 Å². The van der Waals surface area contributed by atoms with Gasteiger partial charge in [0.05, 0.1) is 24.1 Å². The van der Waals surface area contributed by atoms with Crippen molar-refractivity contribution in [3.05, 3.63) is 96.6 Å². The molecule has 0 aliphatic rings. The van der Waals surface area contributed by atoms with Crippen LogP contribution in [0.25, 0.3) is 22.8 Å². The molecule has 1 aromatic heterocycles. The van der Waals surface area contributed by atoms with Crippen molar-refractivity contribution in [3.63, 3.8) is 0 Å². The molecule has 0 aliphatic carbocycles. The number of rotatable bonds is 5. The lowest BCUT2D eigenvalue weighted by Crippen LogP contribution is -3.00. The highest BCUT2D eigenvalue weighted by Crippen LogP contribution is 2.32. The standard InChI is InChI=1S/C19H12IN6O4.ClH/c20-14-9-4-5-10-15(14)23-21-19(13-7-2-1-3-8-13)22-24(23)16-11-6-12-17(25(27)28)18(16)26(29)30;/h1-12H;1H/q+1;/p-1. The molecular formula is C19H12ClIN6O4. The maximum Gasteiger partial charge on any atom is 0.377 e.